The van der Waals surface area contributed by atoms with E-state index in [-0.39, 0.29) is 0 Å². The third-order valence-corrected chi connectivity index (χ3v) is 5.91. The summed E-state index contributed by atoms with van der Waals surface area (Å²) in [6.45, 7) is 0. The Hall–Kier alpha value is -5.28. The Labute approximate surface area is 207 Å². The minimum absolute atomic E-state index is 0.562. The molecule has 0 radical (unpaired) electrons. The zero-order valence-electron chi connectivity index (χ0n) is 19.1. The summed E-state index contributed by atoms with van der Waals surface area (Å²) in [5.74, 6) is 2.00. The number of nitriles is 1. The number of hydrogen-bond donors (Lipinski definition) is 1. The summed E-state index contributed by atoms with van der Waals surface area (Å²) >= 11 is 0. The van der Waals surface area contributed by atoms with Crippen LogP contribution < -0.4 is 10.1 Å². The van der Waals surface area contributed by atoms with E-state index in [1.165, 1.54) is 0 Å². The first-order valence-electron chi connectivity index (χ1n) is 11.4. The molecule has 0 bridgehead atoms. The Morgan fingerprint density at radius 2 is 1.50 bits per heavy atom. The van der Waals surface area contributed by atoms with Crippen molar-refractivity contribution in [2.75, 3.05) is 5.32 Å². The Kier molecular flexibility index (Phi) is 5.41. The highest BCUT2D eigenvalue weighted by molar-refractivity contribution is 6.00. The quantitative estimate of drug-likeness (QED) is 0.289. The number of ether oxygens (including phenoxy) is 1. The molecule has 0 unspecified atom stereocenters. The number of rotatable bonds is 5. The van der Waals surface area contributed by atoms with Crippen LogP contribution in [0.1, 0.15) is 5.56 Å². The van der Waals surface area contributed by atoms with Gasteiger partial charge in [-0.05, 0) is 48.5 Å². The topological polar surface area (TPSA) is 83.7 Å². The maximum absolute atomic E-state index is 9.24. The average Bonchev–Trinajstić information content (AvgIpc) is 2.94. The van der Waals surface area contributed by atoms with Crippen LogP contribution in [-0.4, -0.2) is 15.2 Å². The lowest BCUT2D eigenvalue weighted by atomic mass is 10.0. The standard InChI is InChI=1S/C30H19N5O/c31-19-20-10-15-27-26(18-20)28(16-17-32-27)36-23-13-11-22(12-14-23)33-30-25-9-5-4-8-24(25)29(34-35-30)21-6-2-1-3-7-21/h1-18H,(H,33,35). The highest BCUT2D eigenvalue weighted by Gasteiger charge is 2.11. The third kappa shape index (κ3) is 4.06. The van der Waals surface area contributed by atoms with Gasteiger partial charge in [-0.3, -0.25) is 4.98 Å². The monoisotopic (exact) mass is 465 g/mol. The van der Waals surface area contributed by atoms with Crippen LogP contribution in [0.3, 0.4) is 0 Å². The lowest BCUT2D eigenvalue weighted by molar-refractivity contribution is 0.488. The van der Waals surface area contributed by atoms with E-state index >= 15 is 0 Å². The van der Waals surface area contributed by atoms with Crippen molar-refractivity contribution in [2.24, 2.45) is 0 Å². The first-order valence-corrected chi connectivity index (χ1v) is 11.4. The number of nitrogens with one attached hydrogen (secondary N) is 1. The predicted molar refractivity (Wildman–Crippen MR) is 141 cm³/mol. The summed E-state index contributed by atoms with van der Waals surface area (Å²) < 4.78 is 6.13. The molecule has 0 saturated heterocycles. The van der Waals surface area contributed by atoms with E-state index in [2.05, 4.69) is 32.6 Å². The van der Waals surface area contributed by atoms with E-state index in [0.717, 1.165) is 38.6 Å². The zero-order valence-corrected chi connectivity index (χ0v) is 19.1. The molecule has 0 fully saturated rings. The lowest BCUT2D eigenvalue weighted by Gasteiger charge is -2.12. The molecule has 4 aromatic carbocycles. The molecule has 1 N–H and O–H groups in total. The van der Waals surface area contributed by atoms with Crippen molar-refractivity contribution in [3.05, 3.63) is 115 Å². The van der Waals surface area contributed by atoms with E-state index < -0.39 is 0 Å². The first-order chi connectivity index (χ1) is 17.8. The summed E-state index contributed by atoms with van der Waals surface area (Å²) in [6.07, 6.45) is 1.70. The molecular weight excluding hydrogens is 446 g/mol. The van der Waals surface area contributed by atoms with Gasteiger partial charge in [-0.15, -0.1) is 10.2 Å². The molecule has 6 nitrogen and oxygen atoms in total. The van der Waals surface area contributed by atoms with Gasteiger partial charge in [-0.1, -0.05) is 54.6 Å². The van der Waals surface area contributed by atoms with Gasteiger partial charge < -0.3 is 10.1 Å². The van der Waals surface area contributed by atoms with Crippen molar-refractivity contribution < 1.29 is 4.74 Å². The van der Waals surface area contributed by atoms with E-state index in [1.807, 2.05) is 78.9 Å². The predicted octanol–water partition coefficient (Wildman–Crippen LogP) is 7.25. The Balaban J connectivity index is 1.28. The Morgan fingerprint density at radius 3 is 2.31 bits per heavy atom. The molecule has 0 amide bonds. The minimum atomic E-state index is 0.562. The van der Waals surface area contributed by atoms with Crippen LogP contribution in [0.5, 0.6) is 11.5 Å². The van der Waals surface area contributed by atoms with Crippen molar-refractivity contribution >= 4 is 33.2 Å². The summed E-state index contributed by atoms with van der Waals surface area (Å²) in [5, 5.41) is 24.5. The van der Waals surface area contributed by atoms with Crippen LogP contribution in [0.4, 0.5) is 11.5 Å². The number of pyridine rings is 1. The smallest absolute Gasteiger partial charge is 0.161 e. The summed E-state index contributed by atoms with van der Waals surface area (Å²) in [5.41, 5.74) is 4.07. The fourth-order valence-electron chi connectivity index (χ4n) is 4.15. The van der Waals surface area contributed by atoms with Crippen molar-refractivity contribution in [3.8, 4) is 28.8 Å². The van der Waals surface area contributed by atoms with E-state index in [0.29, 0.717) is 22.9 Å². The van der Waals surface area contributed by atoms with Gasteiger partial charge in [0.1, 0.15) is 17.2 Å². The molecule has 2 aromatic heterocycles. The van der Waals surface area contributed by atoms with Crippen molar-refractivity contribution in [2.45, 2.75) is 0 Å². The van der Waals surface area contributed by atoms with Gasteiger partial charge in [0.05, 0.1) is 17.1 Å². The molecule has 0 aliphatic heterocycles. The zero-order chi connectivity index (χ0) is 24.3. The van der Waals surface area contributed by atoms with Gasteiger partial charge in [0.25, 0.3) is 0 Å². The highest BCUT2D eigenvalue weighted by atomic mass is 16.5. The van der Waals surface area contributed by atoms with Gasteiger partial charge in [-0.2, -0.15) is 5.26 Å². The normalized spacial score (nSPS) is 10.8. The first kappa shape index (κ1) is 21.3. The second-order valence-electron chi connectivity index (χ2n) is 8.21. The third-order valence-electron chi connectivity index (χ3n) is 5.91. The number of benzene rings is 4. The molecule has 0 atom stereocenters. The maximum atomic E-state index is 9.24. The summed E-state index contributed by atoms with van der Waals surface area (Å²) in [4.78, 5) is 4.36. The van der Waals surface area contributed by atoms with Crippen molar-refractivity contribution in [1.29, 1.82) is 5.26 Å². The van der Waals surface area contributed by atoms with Crippen molar-refractivity contribution in [1.82, 2.24) is 15.2 Å². The second kappa shape index (κ2) is 9.16. The molecule has 170 valence electrons. The molecule has 0 aliphatic rings. The van der Waals surface area contributed by atoms with Gasteiger partial charge in [0.2, 0.25) is 0 Å². The summed E-state index contributed by atoms with van der Waals surface area (Å²) in [6, 6.07) is 35.1. The molecule has 6 heteroatoms. The molecule has 0 saturated carbocycles. The van der Waals surface area contributed by atoms with Gasteiger partial charge in [-0.25, -0.2) is 0 Å². The van der Waals surface area contributed by atoms with Gasteiger partial charge in [0, 0.05) is 33.6 Å². The lowest BCUT2D eigenvalue weighted by Crippen LogP contribution is -1.99. The van der Waals surface area contributed by atoms with Gasteiger partial charge >= 0.3 is 0 Å². The van der Waals surface area contributed by atoms with E-state index in [1.54, 1.807) is 24.4 Å². The Morgan fingerprint density at radius 1 is 0.722 bits per heavy atom. The molecule has 2 heterocycles. The fraction of sp³-hybridized carbons (Fsp3) is 0. The number of hydrogen-bond acceptors (Lipinski definition) is 6. The van der Waals surface area contributed by atoms with Crippen LogP contribution >= 0.6 is 0 Å². The highest BCUT2D eigenvalue weighted by Crippen LogP contribution is 2.33. The number of nitrogens with zero attached hydrogens (tertiary/aromatic N) is 4. The molecule has 0 aliphatic carbocycles. The second-order valence-corrected chi connectivity index (χ2v) is 8.21. The average molecular weight is 466 g/mol. The van der Waals surface area contributed by atoms with Crippen LogP contribution in [0.2, 0.25) is 0 Å². The largest absolute Gasteiger partial charge is 0.457 e. The minimum Gasteiger partial charge on any atom is -0.457 e. The summed E-state index contributed by atoms with van der Waals surface area (Å²) in [7, 11) is 0. The Bertz CT molecular complexity index is 1740. The molecular formula is C30H19N5O. The van der Waals surface area contributed by atoms with Crippen LogP contribution in [-0.2, 0) is 0 Å². The molecule has 6 aromatic rings. The molecule has 0 spiro atoms. The number of aromatic nitrogens is 3. The van der Waals surface area contributed by atoms with Crippen molar-refractivity contribution in [3.63, 3.8) is 0 Å². The fourth-order valence-corrected chi connectivity index (χ4v) is 4.15. The van der Waals surface area contributed by atoms with Gasteiger partial charge in [0.15, 0.2) is 5.82 Å². The number of anilines is 2. The van der Waals surface area contributed by atoms with Crippen LogP contribution in [0, 0.1) is 11.3 Å². The number of fused-ring (bicyclic) bond motifs is 2. The maximum Gasteiger partial charge on any atom is 0.161 e. The molecule has 36 heavy (non-hydrogen) atoms. The van der Waals surface area contributed by atoms with E-state index in [4.69, 9.17) is 4.74 Å². The molecule has 6 rings (SSSR count). The van der Waals surface area contributed by atoms with Crippen LogP contribution in [0.15, 0.2) is 109 Å². The van der Waals surface area contributed by atoms with E-state index in [9.17, 15) is 5.26 Å². The SMILES string of the molecule is N#Cc1ccc2nccc(Oc3ccc(Nc4nnc(-c5ccccc5)c5ccccc45)cc3)c2c1. The van der Waals surface area contributed by atoms with Crippen LogP contribution in [0.25, 0.3) is 32.9 Å².